The lowest BCUT2D eigenvalue weighted by atomic mass is 9.94. The molecule has 0 bridgehead atoms. The van der Waals surface area contributed by atoms with E-state index in [9.17, 15) is 4.79 Å². The zero-order chi connectivity index (χ0) is 16.9. The third-order valence-corrected chi connectivity index (χ3v) is 4.58. The van der Waals surface area contributed by atoms with Gasteiger partial charge < -0.3 is 9.64 Å². The van der Waals surface area contributed by atoms with Crippen molar-refractivity contribution in [1.29, 1.82) is 0 Å². The highest BCUT2D eigenvalue weighted by molar-refractivity contribution is 5.81. The fourth-order valence-electron chi connectivity index (χ4n) is 3.15. The van der Waals surface area contributed by atoms with Crippen LogP contribution in [0.25, 0.3) is 5.69 Å². The lowest BCUT2D eigenvalue weighted by Crippen LogP contribution is -2.44. The SMILES string of the molecule is C[C@H](Oc1ccc(-n2cnnn2)cc1)C(=O)N(C)C1CCCCC1. The molecule has 1 aliphatic carbocycles. The van der Waals surface area contributed by atoms with E-state index in [1.54, 1.807) is 11.6 Å². The molecular formula is C17H23N5O2. The number of nitrogens with zero attached hydrogens (tertiary/aromatic N) is 5. The zero-order valence-corrected chi connectivity index (χ0v) is 14.1. The zero-order valence-electron chi connectivity index (χ0n) is 14.1. The summed E-state index contributed by atoms with van der Waals surface area (Å²) in [5.41, 5.74) is 0.839. The highest BCUT2D eigenvalue weighted by atomic mass is 16.5. The minimum absolute atomic E-state index is 0.0338. The number of benzene rings is 1. The van der Waals surface area contributed by atoms with E-state index < -0.39 is 6.10 Å². The van der Waals surface area contributed by atoms with Crippen molar-refractivity contribution in [1.82, 2.24) is 25.1 Å². The second-order valence-electron chi connectivity index (χ2n) is 6.25. The molecule has 1 aromatic heterocycles. The number of likely N-dealkylation sites (N-methyl/N-ethyl adjacent to an activating group) is 1. The molecule has 1 amide bonds. The molecule has 7 heteroatoms. The molecule has 1 aromatic carbocycles. The van der Waals surface area contributed by atoms with Crippen molar-refractivity contribution in [2.24, 2.45) is 0 Å². The van der Waals surface area contributed by atoms with Gasteiger partial charge in [0.15, 0.2) is 6.10 Å². The van der Waals surface area contributed by atoms with E-state index in [4.69, 9.17) is 4.74 Å². The van der Waals surface area contributed by atoms with Gasteiger partial charge in [0.1, 0.15) is 12.1 Å². The molecule has 0 unspecified atom stereocenters. The summed E-state index contributed by atoms with van der Waals surface area (Å²) in [6.07, 6.45) is 6.90. The Bertz CT molecular complexity index is 650. The summed E-state index contributed by atoms with van der Waals surface area (Å²) in [5, 5.41) is 11.0. The lowest BCUT2D eigenvalue weighted by molar-refractivity contribution is -0.139. The molecule has 0 spiro atoms. The van der Waals surface area contributed by atoms with E-state index in [1.807, 2.05) is 36.2 Å². The van der Waals surface area contributed by atoms with E-state index >= 15 is 0 Å². The summed E-state index contributed by atoms with van der Waals surface area (Å²) in [4.78, 5) is 14.4. The normalized spacial score (nSPS) is 16.6. The van der Waals surface area contributed by atoms with E-state index in [-0.39, 0.29) is 5.91 Å². The van der Waals surface area contributed by atoms with Crippen molar-refractivity contribution in [2.75, 3.05) is 7.05 Å². The van der Waals surface area contributed by atoms with Crippen LogP contribution in [0.2, 0.25) is 0 Å². The molecule has 128 valence electrons. The molecule has 1 atom stereocenters. The maximum atomic E-state index is 12.6. The van der Waals surface area contributed by atoms with Gasteiger partial charge in [0, 0.05) is 13.1 Å². The number of hydrogen-bond donors (Lipinski definition) is 0. The summed E-state index contributed by atoms with van der Waals surface area (Å²) in [6.45, 7) is 1.80. The van der Waals surface area contributed by atoms with Crippen LogP contribution in [0, 0.1) is 0 Å². The van der Waals surface area contributed by atoms with Gasteiger partial charge in [-0.25, -0.2) is 4.68 Å². The van der Waals surface area contributed by atoms with Gasteiger partial charge >= 0.3 is 0 Å². The Morgan fingerprint density at radius 3 is 2.58 bits per heavy atom. The third kappa shape index (κ3) is 3.72. The number of aromatic nitrogens is 4. The number of tetrazole rings is 1. The Morgan fingerprint density at radius 1 is 1.25 bits per heavy atom. The first-order chi connectivity index (χ1) is 11.6. The average molecular weight is 329 g/mol. The van der Waals surface area contributed by atoms with Crippen LogP contribution in [-0.4, -0.2) is 50.2 Å². The van der Waals surface area contributed by atoms with Crippen molar-refractivity contribution in [3.8, 4) is 11.4 Å². The van der Waals surface area contributed by atoms with Crippen LogP contribution in [0.1, 0.15) is 39.0 Å². The molecule has 0 N–H and O–H groups in total. The predicted molar refractivity (Wildman–Crippen MR) is 88.9 cm³/mol. The molecule has 1 aliphatic rings. The summed E-state index contributed by atoms with van der Waals surface area (Å²) in [5.74, 6) is 0.691. The van der Waals surface area contributed by atoms with Gasteiger partial charge in [-0.1, -0.05) is 19.3 Å². The van der Waals surface area contributed by atoms with Crippen molar-refractivity contribution < 1.29 is 9.53 Å². The molecular weight excluding hydrogens is 306 g/mol. The van der Waals surface area contributed by atoms with Gasteiger partial charge in [0.25, 0.3) is 5.91 Å². The van der Waals surface area contributed by atoms with Crippen molar-refractivity contribution in [2.45, 2.75) is 51.2 Å². The van der Waals surface area contributed by atoms with Crippen LogP contribution < -0.4 is 4.74 Å². The van der Waals surface area contributed by atoms with Crippen LogP contribution in [0.5, 0.6) is 5.75 Å². The van der Waals surface area contributed by atoms with E-state index in [0.717, 1.165) is 18.5 Å². The van der Waals surface area contributed by atoms with Crippen LogP contribution >= 0.6 is 0 Å². The number of hydrogen-bond acceptors (Lipinski definition) is 5. The van der Waals surface area contributed by atoms with Crippen molar-refractivity contribution >= 4 is 5.91 Å². The maximum absolute atomic E-state index is 12.6. The third-order valence-electron chi connectivity index (χ3n) is 4.58. The number of carbonyl (C=O) groups excluding carboxylic acids is 1. The Hall–Kier alpha value is -2.44. The Kier molecular flexibility index (Phi) is 5.08. The molecule has 0 saturated heterocycles. The molecule has 2 aromatic rings. The smallest absolute Gasteiger partial charge is 0.263 e. The van der Waals surface area contributed by atoms with Gasteiger partial charge in [-0.15, -0.1) is 5.10 Å². The summed E-state index contributed by atoms with van der Waals surface area (Å²) < 4.78 is 7.37. The van der Waals surface area contributed by atoms with Gasteiger partial charge in [0.05, 0.1) is 5.69 Å². The van der Waals surface area contributed by atoms with E-state index in [2.05, 4.69) is 15.5 Å². The molecule has 0 radical (unpaired) electrons. The minimum atomic E-state index is -0.504. The van der Waals surface area contributed by atoms with Crippen molar-refractivity contribution in [3.63, 3.8) is 0 Å². The second kappa shape index (κ2) is 7.42. The lowest BCUT2D eigenvalue weighted by Gasteiger charge is -2.32. The largest absolute Gasteiger partial charge is 0.481 e. The van der Waals surface area contributed by atoms with Crippen LogP contribution in [-0.2, 0) is 4.79 Å². The molecule has 24 heavy (non-hydrogen) atoms. The fourth-order valence-corrected chi connectivity index (χ4v) is 3.15. The highest BCUT2D eigenvalue weighted by Gasteiger charge is 2.26. The molecule has 7 nitrogen and oxygen atoms in total. The number of carbonyl (C=O) groups is 1. The van der Waals surface area contributed by atoms with Crippen LogP contribution in [0.3, 0.4) is 0 Å². The van der Waals surface area contributed by atoms with Gasteiger partial charge in [-0.05, 0) is 54.5 Å². The maximum Gasteiger partial charge on any atom is 0.263 e. The topological polar surface area (TPSA) is 73.1 Å². The van der Waals surface area contributed by atoms with Gasteiger partial charge in [-0.3, -0.25) is 4.79 Å². The molecule has 1 heterocycles. The monoisotopic (exact) mass is 329 g/mol. The second-order valence-corrected chi connectivity index (χ2v) is 6.25. The number of rotatable bonds is 5. The molecule has 1 fully saturated rings. The first-order valence-electron chi connectivity index (χ1n) is 8.42. The fraction of sp³-hybridized carbons (Fsp3) is 0.529. The standard InChI is InChI=1S/C17H23N5O2/c1-13(17(23)21(2)14-6-4-3-5-7-14)24-16-10-8-15(9-11-16)22-12-18-19-20-22/h8-14H,3-7H2,1-2H3/t13-/m0/s1. The Balaban J connectivity index is 1.59. The van der Waals surface area contributed by atoms with E-state index in [1.165, 1.54) is 25.6 Å². The summed E-state index contributed by atoms with van der Waals surface area (Å²) >= 11 is 0. The highest BCUT2D eigenvalue weighted by Crippen LogP contribution is 2.23. The summed E-state index contributed by atoms with van der Waals surface area (Å²) in [6, 6.07) is 7.70. The number of amides is 1. The summed E-state index contributed by atoms with van der Waals surface area (Å²) in [7, 11) is 1.89. The molecule has 3 rings (SSSR count). The quantitative estimate of drug-likeness (QED) is 0.841. The predicted octanol–water partition coefficient (Wildman–Crippen LogP) is 2.22. The number of ether oxygens (including phenoxy) is 1. The Morgan fingerprint density at radius 2 is 1.96 bits per heavy atom. The average Bonchev–Trinajstić information content (AvgIpc) is 3.16. The molecule has 1 saturated carbocycles. The molecule has 0 aliphatic heterocycles. The van der Waals surface area contributed by atoms with Gasteiger partial charge in [0.2, 0.25) is 0 Å². The van der Waals surface area contributed by atoms with Gasteiger partial charge in [-0.2, -0.15) is 0 Å². The van der Waals surface area contributed by atoms with Crippen molar-refractivity contribution in [3.05, 3.63) is 30.6 Å². The van der Waals surface area contributed by atoms with Crippen LogP contribution in [0.4, 0.5) is 0 Å². The van der Waals surface area contributed by atoms with E-state index in [0.29, 0.717) is 11.8 Å². The van der Waals surface area contributed by atoms with Crippen LogP contribution in [0.15, 0.2) is 30.6 Å². The Labute approximate surface area is 141 Å². The minimum Gasteiger partial charge on any atom is -0.481 e. The first-order valence-corrected chi connectivity index (χ1v) is 8.42. The first kappa shape index (κ1) is 16.4.